The van der Waals surface area contributed by atoms with Crippen molar-refractivity contribution in [3.05, 3.63) is 82.0 Å². The topological polar surface area (TPSA) is 107 Å². The Morgan fingerprint density at radius 2 is 1.87 bits per heavy atom. The van der Waals surface area contributed by atoms with Gasteiger partial charge in [-0.2, -0.15) is 13.1 Å². The normalized spacial score (nSPS) is 11.7. The van der Waals surface area contributed by atoms with Crippen LogP contribution in [0.15, 0.2) is 69.1 Å². The number of thiophene rings is 1. The molecule has 0 amide bonds. The fourth-order valence-electron chi connectivity index (χ4n) is 3.31. The van der Waals surface area contributed by atoms with Gasteiger partial charge in [0, 0.05) is 18.2 Å². The maximum atomic E-state index is 13.0. The number of hydrogen-bond acceptors (Lipinski definition) is 6. The van der Waals surface area contributed by atoms with Crippen LogP contribution in [-0.2, 0) is 23.1 Å². The zero-order chi connectivity index (χ0) is 22.0. The summed E-state index contributed by atoms with van der Waals surface area (Å²) in [5.41, 5.74) is 1.72. The maximum absolute atomic E-state index is 13.0. The summed E-state index contributed by atoms with van der Waals surface area (Å²) < 4.78 is 35.4. The second kappa shape index (κ2) is 8.58. The predicted octanol–water partition coefficient (Wildman–Crippen LogP) is 3.41. The third-order valence-corrected chi connectivity index (χ3v) is 7.06. The summed E-state index contributed by atoms with van der Waals surface area (Å²) in [6.07, 6.45) is 3.11. The fourth-order valence-corrected chi connectivity index (χ4v) is 5.07. The quantitative estimate of drug-likeness (QED) is 0.427. The Kier molecular flexibility index (Phi) is 5.86. The molecule has 0 spiro atoms. The molecule has 0 aliphatic heterocycles. The molecule has 31 heavy (non-hydrogen) atoms. The van der Waals surface area contributed by atoms with Crippen LogP contribution in [-0.4, -0.2) is 32.3 Å². The van der Waals surface area contributed by atoms with Crippen LogP contribution in [0.3, 0.4) is 0 Å². The molecular weight excluding hydrogens is 436 g/mol. The summed E-state index contributed by atoms with van der Waals surface area (Å²) in [5, 5.41) is 6.09. The average molecular weight is 457 g/mol. The second-order valence-corrected chi connectivity index (χ2v) is 9.46. The van der Waals surface area contributed by atoms with Crippen molar-refractivity contribution < 1.29 is 13.0 Å². The molecule has 0 saturated heterocycles. The van der Waals surface area contributed by atoms with Crippen molar-refractivity contribution in [1.29, 1.82) is 0 Å². The van der Waals surface area contributed by atoms with Crippen molar-refractivity contribution >= 4 is 21.5 Å². The summed E-state index contributed by atoms with van der Waals surface area (Å²) in [5.74, 6) is 1.14. The zero-order valence-corrected chi connectivity index (χ0v) is 18.3. The van der Waals surface area contributed by atoms with Gasteiger partial charge in [-0.05, 0) is 41.1 Å². The van der Waals surface area contributed by atoms with Crippen LogP contribution in [0.1, 0.15) is 24.7 Å². The molecule has 0 radical (unpaired) electrons. The lowest BCUT2D eigenvalue weighted by Gasteiger charge is -2.07. The van der Waals surface area contributed by atoms with E-state index < -0.39 is 10.1 Å². The van der Waals surface area contributed by atoms with Crippen LogP contribution in [0.4, 0.5) is 0 Å². The number of aryl methyl sites for hydroxylation is 1. The lowest BCUT2D eigenvalue weighted by atomic mass is 10.1. The van der Waals surface area contributed by atoms with Gasteiger partial charge in [0.2, 0.25) is 0 Å². The Morgan fingerprint density at radius 3 is 2.52 bits per heavy atom. The zero-order valence-electron chi connectivity index (χ0n) is 16.7. The molecule has 3 heterocycles. The van der Waals surface area contributed by atoms with Crippen LogP contribution in [0.5, 0.6) is 0 Å². The number of nitrogens with zero attached hydrogens (tertiary/aromatic N) is 4. The molecule has 8 nitrogen and oxygen atoms in total. The SMILES string of the molecule is CCCc1nn(-c2ccccn2)c(=O)n1Cc1ccc(-c2ccsc2S(=O)(=O)O)cc1. The highest BCUT2D eigenvalue weighted by atomic mass is 32.3. The minimum atomic E-state index is -4.28. The molecule has 0 bridgehead atoms. The van der Waals surface area contributed by atoms with Crippen molar-refractivity contribution in [2.45, 2.75) is 30.5 Å². The van der Waals surface area contributed by atoms with Crippen LogP contribution in [0.25, 0.3) is 16.9 Å². The van der Waals surface area contributed by atoms with Crippen molar-refractivity contribution in [2.75, 3.05) is 0 Å². The van der Waals surface area contributed by atoms with Gasteiger partial charge in [-0.1, -0.05) is 37.3 Å². The predicted molar refractivity (Wildman–Crippen MR) is 118 cm³/mol. The summed E-state index contributed by atoms with van der Waals surface area (Å²) in [6.45, 7) is 2.35. The minimum Gasteiger partial charge on any atom is -0.281 e. The Hall–Kier alpha value is -3.08. The molecule has 3 aromatic heterocycles. The van der Waals surface area contributed by atoms with Gasteiger partial charge in [-0.3, -0.25) is 9.12 Å². The van der Waals surface area contributed by atoms with Gasteiger partial charge >= 0.3 is 15.8 Å². The van der Waals surface area contributed by atoms with Crippen LogP contribution in [0, 0.1) is 0 Å². The molecular formula is C21H20N4O4S2. The van der Waals surface area contributed by atoms with Gasteiger partial charge in [0.15, 0.2) is 10.0 Å². The summed E-state index contributed by atoms with van der Waals surface area (Å²) in [6, 6.07) is 14.2. The number of hydrogen-bond donors (Lipinski definition) is 1. The van der Waals surface area contributed by atoms with Crippen molar-refractivity contribution in [1.82, 2.24) is 19.3 Å². The molecule has 0 aliphatic carbocycles. The van der Waals surface area contributed by atoms with Crippen molar-refractivity contribution in [2.24, 2.45) is 0 Å². The smallest absolute Gasteiger partial charge is 0.281 e. The Balaban J connectivity index is 1.67. The van der Waals surface area contributed by atoms with Crippen LogP contribution < -0.4 is 5.69 Å². The summed E-state index contributed by atoms with van der Waals surface area (Å²) in [7, 11) is -4.28. The Labute approximate surface area is 183 Å². The molecule has 4 aromatic rings. The van der Waals surface area contributed by atoms with Gasteiger partial charge in [0.1, 0.15) is 5.82 Å². The first kappa shape index (κ1) is 21.2. The highest BCUT2D eigenvalue weighted by Crippen LogP contribution is 2.32. The highest BCUT2D eigenvalue weighted by molar-refractivity contribution is 7.88. The monoisotopic (exact) mass is 456 g/mol. The minimum absolute atomic E-state index is 0.0849. The molecule has 1 N–H and O–H groups in total. The standard InChI is InChI=1S/C21H20N4O4S2/c1-2-5-19-23-25(18-6-3-4-12-22-18)21(26)24(19)14-15-7-9-16(10-8-15)17-11-13-30-20(17)31(27,28)29/h3-4,6-13H,2,5,14H2,1H3,(H,27,28,29). The molecule has 0 saturated carbocycles. The lowest BCUT2D eigenvalue weighted by Crippen LogP contribution is -2.25. The molecule has 0 unspecified atom stereocenters. The molecule has 4 rings (SSSR count). The average Bonchev–Trinajstić information content (AvgIpc) is 3.36. The maximum Gasteiger partial charge on any atom is 0.352 e. The highest BCUT2D eigenvalue weighted by Gasteiger charge is 2.19. The van der Waals surface area contributed by atoms with E-state index in [1.165, 1.54) is 4.68 Å². The largest absolute Gasteiger partial charge is 0.352 e. The number of pyridine rings is 1. The number of benzene rings is 1. The van der Waals surface area contributed by atoms with E-state index in [9.17, 15) is 17.8 Å². The van der Waals surface area contributed by atoms with Crippen molar-refractivity contribution in [3.63, 3.8) is 0 Å². The van der Waals surface area contributed by atoms with E-state index in [0.717, 1.165) is 23.3 Å². The summed E-state index contributed by atoms with van der Waals surface area (Å²) in [4.78, 5) is 17.2. The molecule has 0 atom stereocenters. The second-order valence-electron chi connectivity index (χ2n) is 6.93. The van der Waals surface area contributed by atoms with Gasteiger partial charge in [-0.15, -0.1) is 16.4 Å². The van der Waals surface area contributed by atoms with Crippen molar-refractivity contribution in [3.8, 4) is 16.9 Å². The summed E-state index contributed by atoms with van der Waals surface area (Å²) >= 11 is 0.968. The molecule has 1 aromatic carbocycles. The Bertz CT molecular complexity index is 1350. The van der Waals surface area contributed by atoms with Gasteiger partial charge < -0.3 is 0 Å². The van der Waals surface area contributed by atoms with E-state index >= 15 is 0 Å². The first-order valence-electron chi connectivity index (χ1n) is 9.63. The fraction of sp³-hybridized carbons (Fsp3) is 0.190. The number of aromatic nitrogens is 4. The van der Waals surface area contributed by atoms with Crippen LogP contribution in [0.2, 0.25) is 0 Å². The van der Waals surface area contributed by atoms with Gasteiger partial charge in [-0.25, -0.2) is 9.78 Å². The van der Waals surface area contributed by atoms with Crippen LogP contribution >= 0.6 is 11.3 Å². The van der Waals surface area contributed by atoms with E-state index in [1.807, 2.05) is 19.1 Å². The first-order valence-corrected chi connectivity index (χ1v) is 11.9. The van der Waals surface area contributed by atoms with E-state index in [2.05, 4.69) is 10.1 Å². The van der Waals surface area contributed by atoms with E-state index in [-0.39, 0.29) is 9.90 Å². The van der Waals surface area contributed by atoms with E-state index in [1.54, 1.807) is 52.5 Å². The molecule has 0 aliphatic rings. The van der Waals surface area contributed by atoms with Gasteiger partial charge in [0.05, 0.1) is 6.54 Å². The third kappa shape index (κ3) is 4.36. The Morgan fingerprint density at radius 1 is 1.10 bits per heavy atom. The number of rotatable bonds is 7. The third-order valence-electron chi connectivity index (χ3n) is 4.75. The van der Waals surface area contributed by atoms with E-state index in [0.29, 0.717) is 35.7 Å². The molecule has 10 heteroatoms. The lowest BCUT2D eigenvalue weighted by molar-refractivity contribution is 0.486. The van der Waals surface area contributed by atoms with E-state index in [4.69, 9.17) is 0 Å². The first-order chi connectivity index (χ1) is 14.9. The molecule has 160 valence electrons. The van der Waals surface area contributed by atoms with Gasteiger partial charge in [0.25, 0.3) is 0 Å². The molecule has 0 fully saturated rings.